The van der Waals surface area contributed by atoms with Crippen molar-refractivity contribution in [3.8, 4) is 17.2 Å². The fraction of sp³-hybridized carbons (Fsp3) is 0.192. The Kier molecular flexibility index (Phi) is 5.68. The molecule has 2 aromatic heterocycles. The van der Waals surface area contributed by atoms with Gasteiger partial charge in [0.15, 0.2) is 0 Å². The maximum atomic E-state index is 11.2. The molecule has 0 amide bonds. The summed E-state index contributed by atoms with van der Waals surface area (Å²) in [5.74, 6) is 0. The summed E-state index contributed by atoms with van der Waals surface area (Å²) in [5, 5.41) is 20.4. The van der Waals surface area contributed by atoms with Crippen LogP contribution in [0.4, 0.5) is 5.69 Å². The molecule has 160 valence electrons. The maximum Gasteiger partial charge on any atom is 0.150 e. The van der Waals surface area contributed by atoms with Gasteiger partial charge in [0.1, 0.15) is 6.29 Å². The van der Waals surface area contributed by atoms with Gasteiger partial charge < -0.3 is 15.7 Å². The molecule has 0 aliphatic heterocycles. The van der Waals surface area contributed by atoms with E-state index in [1.807, 2.05) is 30.3 Å². The Morgan fingerprint density at radius 3 is 2.56 bits per heavy atom. The fourth-order valence-corrected chi connectivity index (χ4v) is 4.97. The molecule has 0 saturated carbocycles. The molecule has 0 bridgehead atoms. The fourth-order valence-electron chi connectivity index (χ4n) is 4.28. The topological polar surface area (TPSA) is 95.7 Å². The number of nitrogens with one attached hydrogen (secondary N) is 1. The van der Waals surface area contributed by atoms with E-state index >= 15 is 0 Å². The lowest BCUT2D eigenvalue weighted by Crippen LogP contribution is -2.22. The zero-order valence-electron chi connectivity index (χ0n) is 18.1. The zero-order valence-corrected chi connectivity index (χ0v) is 18.9. The summed E-state index contributed by atoms with van der Waals surface area (Å²) in [6, 6.07) is 17.9. The molecule has 0 spiro atoms. The standard InChI is InChI=1S/C26H24N4OS/c1-26(2,9-10-27)25-24(18-7-5-17(16-31)6-8-18)21-13-22(29)19(14-28)12-23(21)30(25)15-20-4-3-11-32-20/h3-8,11-14,16,28H,9,15,29H2,1-2H3. The van der Waals surface area contributed by atoms with Crippen LogP contribution in [0.3, 0.4) is 0 Å². The minimum Gasteiger partial charge on any atom is -0.398 e. The van der Waals surface area contributed by atoms with Gasteiger partial charge in [-0.1, -0.05) is 44.2 Å². The number of carbonyl (C=O) groups is 1. The number of nitrogens with two attached hydrogens (primary N) is 1. The molecule has 0 saturated heterocycles. The minimum atomic E-state index is -0.441. The first-order valence-corrected chi connectivity index (χ1v) is 11.2. The summed E-state index contributed by atoms with van der Waals surface area (Å²) >= 11 is 1.69. The van der Waals surface area contributed by atoms with Crippen LogP contribution in [0.25, 0.3) is 22.0 Å². The summed E-state index contributed by atoms with van der Waals surface area (Å²) < 4.78 is 2.26. The van der Waals surface area contributed by atoms with Crippen molar-refractivity contribution in [1.29, 1.82) is 10.7 Å². The van der Waals surface area contributed by atoms with E-state index < -0.39 is 5.41 Å². The minimum absolute atomic E-state index is 0.347. The second kappa shape index (κ2) is 8.45. The van der Waals surface area contributed by atoms with Crippen molar-refractivity contribution in [2.75, 3.05) is 5.73 Å². The Bertz CT molecular complexity index is 1340. The highest BCUT2D eigenvalue weighted by atomic mass is 32.1. The lowest BCUT2D eigenvalue weighted by atomic mass is 9.82. The SMILES string of the molecule is CC(C)(CC#N)c1c(-c2ccc(C=O)cc2)c2cc(N)c(C=N)cc2n1Cc1cccs1. The first kappa shape index (κ1) is 21.5. The lowest BCUT2D eigenvalue weighted by Gasteiger charge is -2.26. The van der Waals surface area contributed by atoms with Crippen molar-refractivity contribution >= 4 is 40.4 Å². The average Bonchev–Trinajstić information content (AvgIpc) is 3.40. The van der Waals surface area contributed by atoms with Crippen LogP contribution in [-0.2, 0) is 12.0 Å². The second-order valence-corrected chi connectivity index (χ2v) is 9.52. The van der Waals surface area contributed by atoms with Gasteiger partial charge in [-0.15, -0.1) is 11.3 Å². The molecule has 2 aromatic carbocycles. The summed E-state index contributed by atoms with van der Waals surface area (Å²) in [7, 11) is 0. The van der Waals surface area contributed by atoms with E-state index in [2.05, 4.69) is 35.9 Å². The van der Waals surface area contributed by atoms with Gasteiger partial charge in [-0.3, -0.25) is 4.79 Å². The number of fused-ring (bicyclic) bond motifs is 1. The monoisotopic (exact) mass is 440 g/mol. The third-order valence-electron chi connectivity index (χ3n) is 5.82. The predicted molar refractivity (Wildman–Crippen MR) is 132 cm³/mol. The molecule has 4 aromatic rings. The predicted octanol–water partition coefficient (Wildman–Crippen LogP) is 6.00. The van der Waals surface area contributed by atoms with E-state index in [-0.39, 0.29) is 0 Å². The van der Waals surface area contributed by atoms with Crippen LogP contribution in [0.5, 0.6) is 0 Å². The van der Waals surface area contributed by atoms with Crippen LogP contribution < -0.4 is 5.73 Å². The van der Waals surface area contributed by atoms with Gasteiger partial charge >= 0.3 is 0 Å². The molecule has 0 aliphatic rings. The number of hydrogen-bond acceptors (Lipinski definition) is 5. The Hall–Kier alpha value is -3.69. The number of nitrogen functional groups attached to an aromatic ring is 1. The third-order valence-corrected chi connectivity index (χ3v) is 6.68. The number of benzene rings is 2. The van der Waals surface area contributed by atoms with Crippen LogP contribution in [-0.4, -0.2) is 17.1 Å². The van der Waals surface area contributed by atoms with E-state index in [0.29, 0.717) is 29.8 Å². The number of nitrogens with zero attached hydrogens (tertiary/aromatic N) is 2. The molecule has 0 aliphatic carbocycles. The first-order valence-electron chi connectivity index (χ1n) is 10.3. The summed E-state index contributed by atoms with van der Waals surface area (Å²) in [6.45, 7) is 4.82. The van der Waals surface area contributed by atoms with E-state index in [1.165, 1.54) is 11.1 Å². The van der Waals surface area contributed by atoms with Gasteiger partial charge in [-0.2, -0.15) is 5.26 Å². The second-order valence-electron chi connectivity index (χ2n) is 8.49. The van der Waals surface area contributed by atoms with Crippen molar-refractivity contribution in [2.24, 2.45) is 0 Å². The largest absolute Gasteiger partial charge is 0.398 e. The average molecular weight is 441 g/mol. The summed E-state index contributed by atoms with van der Waals surface area (Å²) in [6.07, 6.45) is 2.45. The Morgan fingerprint density at radius 2 is 1.97 bits per heavy atom. The maximum absolute atomic E-state index is 11.2. The number of carbonyl (C=O) groups excluding carboxylic acids is 1. The van der Waals surface area contributed by atoms with Crippen molar-refractivity contribution in [3.05, 3.63) is 75.6 Å². The van der Waals surface area contributed by atoms with E-state index in [1.54, 1.807) is 23.5 Å². The molecule has 4 rings (SSSR count). The molecule has 0 fully saturated rings. The number of anilines is 1. The van der Waals surface area contributed by atoms with Gasteiger partial charge in [0.25, 0.3) is 0 Å². The molecular weight excluding hydrogens is 416 g/mol. The van der Waals surface area contributed by atoms with Crippen LogP contribution in [0.15, 0.2) is 53.9 Å². The molecule has 0 unspecified atom stereocenters. The molecule has 6 heteroatoms. The first-order chi connectivity index (χ1) is 15.4. The van der Waals surface area contributed by atoms with Gasteiger partial charge in [0.05, 0.1) is 18.1 Å². The molecule has 5 nitrogen and oxygen atoms in total. The van der Waals surface area contributed by atoms with Crippen molar-refractivity contribution in [3.63, 3.8) is 0 Å². The molecule has 3 N–H and O–H groups in total. The quantitative estimate of drug-likeness (QED) is 0.209. The molecule has 2 heterocycles. The summed E-state index contributed by atoms with van der Waals surface area (Å²) in [4.78, 5) is 12.4. The Morgan fingerprint density at radius 1 is 1.22 bits per heavy atom. The summed E-state index contributed by atoms with van der Waals surface area (Å²) in [5.41, 5.74) is 11.7. The van der Waals surface area contributed by atoms with Gasteiger partial charge in [-0.05, 0) is 29.1 Å². The number of nitriles is 1. The van der Waals surface area contributed by atoms with E-state index in [0.717, 1.165) is 34.0 Å². The van der Waals surface area contributed by atoms with Crippen LogP contribution in [0, 0.1) is 16.7 Å². The highest BCUT2D eigenvalue weighted by molar-refractivity contribution is 7.09. The van der Waals surface area contributed by atoms with Gasteiger partial charge in [-0.25, -0.2) is 0 Å². The Labute approximate surface area is 191 Å². The normalized spacial score (nSPS) is 11.4. The van der Waals surface area contributed by atoms with Gasteiger partial charge in [0, 0.05) is 56.4 Å². The zero-order chi connectivity index (χ0) is 22.9. The molecule has 32 heavy (non-hydrogen) atoms. The number of aldehydes is 1. The molecule has 0 atom stereocenters. The highest BCUT2D eigenvalue weighted by Gasteiger charge is 2.31. The smallest absolute Gasteiger partial charge is 0.150 e. The molecule has 0 radical (unpaired) electrons. The number of hydrogen-bond donors (Lipinski definition) is 2. The lowest BCUT2D eigenvalue weighted by molar-refractivity contribution is 0.112. The number of aromatic nitrogens is 1. The molecular formula is C26H24N4OS. The number of thiophene rings is 1. The van der Waals surface area contributed by atoms with Crippen molar-refractivity contribution in [2.45, 2.75) is 32.2 Å². The van der Waals surface area contributed by atoms with Crippen LogP contribution >= 0.6 is 11.3 Å². The van der Waals surface area contributed by atoms with Crippen molar-refractivity contribution < 1.29 is 4.79 Å². The van der Waals surface area contributed by atoms with E-state index in [9.17, 15) is 10.1 Å². The third kappa shape index (κ3) is 3.72. The van der Waals surface area contributed by atoms with E-state index in [4.69, 9.17) is 11.1 Å². The Balaban J connectivity index is 2.13. The van der Waals surface area contributed by atoms with Crippen molar-refractivity contribution in [1.82, 2.24) is 4.57 Å². The van der Waals surface area contributed by atoms with Gasteiger partial charge in [0.2, 0.25) is 0 Å². The van der Waals surface area contributed by atoms with Crippen LogP contribution in [0.2, 0.25) is 0 Å². The van der Waals surface area contributed by atoms with Crippen LogP contribution in [0.1, 0.15) is 46.8 Å². The highest BCUT2D eigenvalue weighted by Crippen LogP contribution is 2.44. The number of rotatable bonds is 7.